The summed E-state index contributed by atoms with van der Waals surface area (Å²) >= 11 is 0. The van der Waals surface area contributed by atoms with Crippen molar-refractivity contribution in [3.63, 3.8) is 0 Å². The number of cyclic esters (lactones) is 1. The van der Waals surface area contributed by atoms with Crippen LogP contribution in [0, 0.1) is 11.8 Å². The molecule has 0 aromatic carbocycles. The van der Waals surface area contributed by atoms with Gasteiger partial charge in [-0.05, 0) is 20.3 Å². The second-order valence-corrected chi connectivity index (χ2v) is 3.86. The highest BCUT2D eigenvalue weighted by Gasteiger charge is 2.35. The Morgan fingerprint density at radius 3 is 2.71 bits per heavy atom. The van der Waals surface area contributed by atoms with Gasteiger partial charge in [0, 0.05) is 6.42 Å². The second-order valence-electron chi connectivity index (χ2n) is 3.86. The number of carbonyl (C=O) groups is 2. The maximum Gasteiger partial charge on any atom is 0.347 e. The monoisotopic (exact) mass is 199 g/mol. The van der Waals surface area contributed by atoms with Crippen molar-refractivity contribution in [3.8, 4) is 0 Å². The summed E-state index contributed by atoms with van der Waals surface area (Å²) < 4.78 is 9.72. The van der Waals surface area contributed by atoms with Crippen molar-refractivity contribution >= 4 is 11.9 Å². The Bertz CT molecular complexity index is 245. The van der Waals surface area contributed by atoms with E-state index >= 15 is 0 Å². The van der Waals surface area contributed by atoms with E-state index in [2.05, 4.69) is 4.74 Å². The van der Waals surface area contributed by atoms with Crippen molar-refractivity contribution in [3.05, 3.63) is 6.42 Å². The van der Waals surface area contributed by atoms with Gasteiger partial charge < -0.3 is 9.47 Å². The summed E-state index contributed by atoms with van der Waals surface area (Å²) in [5, 5.41) is 0. The van der Waals surface area contributed by atoms with E-state index in [4.69, 9.17) is 4.74 Å². The molecule has 1 aliphatic rings. The summed E-state index contributed by atoms with van der Waals surface area (Å²) in [5.41, 5.74) is -0.650. The van der Waals surface area contributed by atoms with Gasteiger partial charge in [-0.1, -0.05) is 6.92 Å². The largest absolute Gasteiger partial charge is 0.463 e. The van der Waals surface area contributed by atoms with Crippen LogP contribution >= 0.6 is 0 Å². The highest BCUT2D eigenvalue weighted by atomic mass is 16.6. The SMILES string of the molecule is C[CH]C(C)(C)C(=O)OC1CCOC1=O. The molecule has 0 aromatic rings. The molecule has 0 bridgehead atoms. The number of ether oxygens (including phenoxy) is 2. The molecule has 0 aromatic heterocycles. The van der Waals surface area contributed by atoms with Crippen LogP contribution in [0.4, 0.5) is 0 Å². The van der Waals surface area contributed by atoms with Crippen molar-refractivity contribution in [2.75, 3.05) is 6.61 Å². The summed E-state index contributed by atoms with van der Waals surface area (Å²) in [6, 6.07) is 0. The Balaban J connectivity index is 2.52. The molecule has 0 spiro atoms. The lowest BCUT2D eigenvalue weighted by Crippen LogP contribution is -2.32. The molecule has 1 heterocycles. The van der Waals surface area contributed by atoms with Gasteiger partial charge in [0.15, 0.2) is 0 Å². The molecular formula is C10H15O4. The Hall–Kier alpha value is -1.06. The van der Waals surface area contributed by atoms with E-state index in [9.17, 15) is 9.59 Å². The summed E-state index contributed by atoms with van der Waals surface area (Å²) in [7, 11) is 0. The van der Waals surface area contributed by atoms with Crippen molar-refractivity contribution in [1.82, 2.24) is 0 Å². The summed E-state index contributed by atoms with van der Waals surface area (Å²) in [6.07, 6.45) is 1.50. The third-order valence-electron chi connectivity index (χ3n) is 2.38. The van der Waals surface area contributed by atoms with E-state index < -0.39 is 17.5 Å². The predicted octanol–water partition coefficient (Wildman–Crippen LogP) is 1.10. The molecular weight excluding hydrogens is 184 g/mol. The highest BCUT2D eigenvalue weighted by Crippen LogP contribution is 2.23. The number of esters is 2. The van der Waals surface area contributed by atoms with Crippen molar-refractivity contribution in [2.45, 2.75) is 33.3 Å². The van der Waals surface area contributed by atoms with Gasteiger partial charge in [-0.3, -0.25) is 4.79 Å². The minimum absolute atomic E-state index is 0.340. The van der Waals surface area contributed by atoms with Gasteiger partial charge in [0.1, 0.15) is 0 Å². The lowest BCUT2D eigenvalue weighted by atomic mass is 9.90. The standard InChI is InChI=1S/C10H15O4/c1-4-10(2,3)9(12)14-7-5-6-13-8(7)11/h4,7H,5-6H2,1-3H3. The number of hydrogen-bond donors (Lipinski definition) is 0. The Morgan fingerprint density at radius 1 is 1.64 bits per heavy atom. The zero-order chi connectivity index (χ0) is 10.8. The van der Waals surface area contributed by atoms with Gasteiger partial charge in [0.2, 0.25) is 6.10 Å². The number of hydrogen-bond acceptors (Lipinski definition) is 4. The van der Waals surface area contributed by atoms with E-state index in [1.54, 1.807) is 27.2 Å². The van der Waals surface area contributed by atoms with Crippen molar-refractivity contribution in [2.24, 2.45) is 5.41 Å². The van der Waals surface area contributed by atoms with Crippen LogP contribution in [0.5, 0.6) is 0 Å². The fourth-order valence-electron chi connectivity index (χ4n) is 0.983. The number of rotatable bonds is 3. The topological polar surface area (TPSA) is 52.6 Å². The lowest BCUT2D eigenvalue weighted by molar-refractivity contribution is -0.165. The van der Waals surface area contributed by atoms with Gasteiger partial charge in [-0.25, -0.2) is 4.79 Å². The molecule has 1 unspecified atom stereocenters. The number of carbonyl (C=O) groups excluding carboxylic acids is 2. The fourth-order valence-corrected chi connectivity index (χ4v) is 0.983. The molecule has 0 saturated carbocycles. The average molecular weight is 199 g/mol. The zero-order valence-electron chi connectivity index (χ0n) is 8.70. The Labute approximate surface area is 83.6 Å². The first-order chi connectivity index (χ1) is 6.47. The third-order valence-corrected chi connectivity index (χ3v) is 2.38. The Kier molecular flexibility index (Phi) is 3.13. The molecule has 1 rings (SSSR count). The molecule has 4 nitrogen and oxygen atoms in total. The molecule has 79 valence electrons. The van der Waals surface area contributed by atoms with E-state index in [1.807, 2.05) is 0 Å². The van der Waals surface area contributed by atoms with E-state index in [-0.39, 0.29) is 5.97 Å². The summed E-state index contributed by atoms with van der Waals surface area (Å²) in [5.74, 6) is -0.825. The van der Waals surface area contributed by atoms with Crippen molar-refractivity contribution < 1.29 is 19.1 Å². The van der Waals surface area contributed by atoms with E-state index in [1.165, 1.54) is 0 Å². The van der Waals surface area contributed by atoms with Gasteiger partial charge in [-0.2, -0.15) is 0 Å². The van der Waals surface area contributed by atoms with Gasteiger partial charge in [0.05, 0.1) is 12.0 Å². The lowest BCUT2D eigenvalue weighted by Gasteiger charge is -2.21. The van der Waals surface area contributed by atoms with Crippen LogP contribution in [-0.4, -0.2) is 24.6 Å². The zero-order valence-corrected chi connectivity index (χ0v) is 8.70. The minimum atomic E-state index is -0.707. The first kappa shape index (κ1) is 11.0. The summed E-state index contributed by atoms with van der Waals surface area (Å²) in [4.78, 5) is 22.6. The maximum atomic E-state index is 11.5. The molecule has 0 N–H and O–H groups in total. The Morgan fingerprint density at radius 2 is 2.29 bits per heavy atom. The normalized spacial score (nSPS) is 21.9. The molecule has 14 heavy (non-hydrogen) atoms. The molecule has 1 fully saturated rings. The van der Waals surface area contributed by atoms with Gasteiger partial charge in [-0.15, -0.1) is 0 Å². The maximum absolute atomic E-state index is 11.5. The van der Waals surface area contributed by atoms with Gasteiger partial charge >= 0.3 is 11.9 Å². The predicted molar refractivity (Wildman–Crippen MR) is 49.2 cm³/mol. The van der Waals surface area contributed by atoms with E-state index in [0.29, 0.717) is 13.0 Å². The van der Waals surface area contributed by atoms with Crippen LogP contribution in [0.15, 0.2) is 0 Å². The molecule has 1 aliphatic heterocycles. The smallest absolute Gasteiger partial charge is 0.347 e. The molecule has 1 atom stereocenters. The van der Waals surface area contributed by atoms with Crippen LogP contribution in [-0.2, 0) is 19.1 Å². The fraction of sp³-hybridized carbons (Fsp3) is 0.700. The molecule has 4 heteroatoms. The summed E-state index contributed by atoms with van der Waals surface area (Å²) in [6.45, 7) is 5.62. The van der Waals surface area contributed by atoms with Gasteiger partial charge in [0.25, 0.3) is 0 Å². The first-order valence-corrected chi connectivity index (χ1v) is 4.65. The van der Waals surface area contributed by atoms with E-state index in [0.717, 1.165) is 0 Å². The van der Waals surface area contributed by atoms with Crippen LogP contribution < -0.4 is 0 Å². The average Bonchev–Trinajstić information content (AvgIpc) is 2.52. The third kappa shape index (κ3) is 2.25. The molecule has 1 radical (unpaired) electrons. The molecule has 0 aliphatic carbocycles. The van der Waals surface area contributed by atoms with Crippen molar-refractivity contribution in [1.29, 1.82) is 0 Å². The molecule has 0 amide bonds. The first-order valence-electron chi connectivity index (χ1n) is 4.65. The second kappa shape index (κ2) is 3.98. The van der Waals surface area contributed by atoms with Crippen LogP contribution in [0.25, 0.3) is 0 Å². The minimum Gasteiger partial charge on any atom is -0.463 e. The van der Waals surface area contributed by atoms with Crippen LogP contribution in [0.2, 0.25) is 0 Å². The molecule has 1 saturated heterocycles. The highest BCUT2D eigenvalue weighted by molar-refractivity contribution is 5.83. The van der Waals surface area contributed by atoms with Crippen LogP contribution in [0.3, 0.4) is 0 Å². The van der Waals surface area contributed by atoms with Crippen LogP contribution in [0.1, 0.15) is 27.2 Å². The quantitative estimate of drug-likeness (QED) is 0.638.